The molecule has 0 atom stereocenters. The highest BCUT2D eigenvalue weighted by Crippen LogP contribution is 2.28. The van der Waals surface area contributed by atoms with Gasteiger partial charge in [-0.15, -0.1) is 11.3 Å². The zero-order chi connectivity index (χ0) is 23.8. The Kier molecular flexibility index (Phi) is 8.12. The monoisotopic (exact) mass is 475 g/mol. The van der Waals surface area contributed by atoms with Crippen molar-refractivity contribution in [2.24, 2.45) is 0 Å². The highest BCUT2D eigenvalue weighted by molar-refractivity contribution is 7.13. The van der Waals surface area contributed by atoms with Crippen molar-refractivity contribution in [1.82, 2.24) is 14.8 Å². The van der Waals surface area contributed by atoms with Crippen LogP contribution in [0.3, 0.4) is 0 Å². The van der Waals surface area contributed by atoms with Crippen LogP contribution in [0, 0.1) is 0 Å². The SMILES string of the molecule is C=CCOc1ccc(/C=C/C(=O)N2CCN(Cc3csc(-c4ccccc4)n3)CC2)cc1OC. The molecule has 0 aliphatic carbocycles. The molecule has 1 aliphatic rings. The Morgan fingerprint density at radius 1 is 1.12 bits per heavy atom. The van der Waals surface area contributed by atoms with Crippen LogP contribution in [0.15, 0.2) is 72.6 Å². The minimum atomic E-state index is 0.0191. The summed E-state index contributed by atoms with van der Waals surface area (Å²) in [5.41, 5.74) is 3.11. The second kappa shape index (κ2) is 11.6. The Morgan fingerprint density at radius 2 is 1.91 bits per heavy atom. The largest absolute Gasteiger partial charge is 0.493 e. The van der Waals surface area contributed by atoms with Gasteiger partial charge in [0.1, 0.15) is 11.6 Å². The Balaban J connectivity index is 1.28. The standard InChI is InChI=1S/C27H29N3O3S/c1-3-17-33-24-11-9-21(18-25(24)32-2)10-12-26(31)30-15-13-29(14-16-30)19-23-20-34-27(28-23)22-7-5-4-6-8-22/h3-12,18,20H,1,13-17,19H2,2H3/b12-10+. The van der Waals surface area contributed by atoms with Crippen molar-refractivity contribution < 1.29 is 14.3 Å². The second-order valence-electron chi connectivity index (χ2n) is 7.95. The first kappa shape index (κ1) is 23.7. The summed E-state index contributed by atoms with van der Waals surface area (Å²) in [6, 6.07) is 15.9. The minimum Gasteiger partial charge on any atom is -0.493 e. The third-order valence-corrected chi connectivity index (χ3v) is 6.54. The molecule has 0 saturated carbocycles. The van der Waals surface area contributed by atoms with Gasteiger partial charge in [0, 0.05) is 49.7 Å². The smallest absolute Gasteiger partial charge is 0.246 e. The summed E-state index contributed by atoms with van der Waals surface area (Å²) in [5.74, 6) is 1.30. The number of aromatic nitrogens is 1. The van der Waals surface area contributed by atoms with Gasteiger partial charge < -0.3 is 14.4 Å². The summed E-state index contributed by atoms with van der Waals surface area (Å²) in [7, 11) is 1.60. The van der Waals surface area contributed by atoms with Gasteiger partial charge in [0.2, 0.25) is 5.91 Å². The van der Waals surface area contributed by atoms with E-state index in [1.807, 2.05) is 47.4 Å². The summed E-state index contributed by atoms with van der Waals surface area (Å²) >= 11 is 1.68. The zero-order valence-electron chi connectivity index (χ0n) is 19.4. The molecule has 176 valence electrons. The van der Waals surface area contributed by atoms with E-state index < -0.39 is 0 Å². The van der Waals surface area contributed by atoms with E-state index in [9.17, 15) is 4.79 Å². The first-order valence-corrected chi connectivity index (χ1v) is 12.1. The van der Waals surface area contributed by atoms with Crippen LogP contribution >= 0.6 is 11.3 Å². The maximum absolute atomic E-state index is 12.7. The van der Waals surface area contributed by atoms with Gasteiger partial charge in [-0.1, -0.05) is 49.1 Å². The molecule has 0 radical (unpaired) electrons. The molecule has 4 rings (SSSR count). The van der Waals surface area contributed by atoms with Gasteiger partial charge in [0.15, 0.2) is 11.5 Å². The van der Waals surface area contributed by atoms with E-state index in [0.717, 1.165) is 41.5 Å². The van der Waals surface area contributed by atoms with Crippen LogP contribution in [0.2, 0.25) is 0 Å². The molecule has 1 fully saturated rings. The molecule has 1 saturated heterocycles. The maximum Gasteiger partial charge on any atom is 0.246 e. The maximum atomic E-state index is 12.7. The number of rotatable bonds is 9. The van der Waals surface area contributed by atoms with Crippen LogP contribution in [-0.2, 0) is 11.3 Å². The molecular formula is C27H29N3O3S. The molecule has 2 aromatic carbocycles. The predicted molar refractivity (Wildman–Crippen MR) is 137 cm³/mol. The summed E-state index contributed by atoms with van der Waals surface area (Å²) in [6.45, 7) is 7.95. The number of thiazole rings is 1. The number of carbonyl (C=O) groups is 1. The lowest BCUT2D eigenvalue weighted by Gasteiger charge is -2.33. The van der Waals surface area contributed by atoms with Crippen LogP contribution in [0.1, 0.15) is 11.3 Å². The van der Waals surface area contributed by atoms with Crippen molar-refractivity contribution in [3.63, 3.8) is 0 Å². The average Bonchev–Trinajstić information content (AvgIpc) is 3.35. The van der Waals surface area contributed by atoms with Gasteiger partial charge >= 0.3 is 0 Å². The first-order chi connectivity index (χ1) is 16.7. The van der Waals surface area contributed by atoms with E-state index in [0.29, 0.717) is 31.2 Å². The average molecular weight is 476 g/mol. The number of methoxy groups -OCH3 is 1. The summed E-state index contributed by atoms with van der Waals surface area (Å²) < 4.78 is 11.0. The van der Waals surface area contributed by atoms with Crippen LogP contribution in [0.4, 0.5) is 0 Å². The van der Waals surface area contributed by atoms with Gasteiger partial charge in [-0.25, -0.2) is 4.98 Å². The minimum absolute atomic E-state index is 0.0191. The van der Waals surface area contributed by atoms with Gasteiger partial charge in [0.05, 0.1) is 12.8 Å². The number of hydrogen-bond acceptors (Lipinski definition) is 6. The lowest BCUT2D eigenvalue weighted by atomic mass is 10.2. The third-order valence-electron chi connectivity index (χ3n) is 5.60. The van der Waals surface area contributed by atoms with Crippen LogP contribution < -0.4 is 9.47 Å². The molecule has 34 heavy (non-hydrogen) atoms. The number of nitrogens with zero attached hydrogens (tertiary/aromatic N) is 3. The Morgan fingerprint density at radius 3 is 2.65 bits per heavy atom. The highest BCUT2D eigenvalue weighted by Gasteiger charge is 2.20. The number of hydrogen-bond donors (Lipinski definition) is 0. The number of ether oxygens (including phenoxy) is 2. The number of carbonyl (C=O) groups excluding carboxylic acids is 1. The van der Waals surface area contributed by atoms with Gasteiger partial charge in [-0.05, 0) is 23.8 Å². The topological polar surface area (TPSA) is 54.9 Å². The molecule has 0 unspecified atom stereocenters. The van der Waals surface area contributed by atoms with E-state index in [1.165, 1.54) is 0 Å². The fraction of sp³-hybridized carbons (Fsp3) is 0.259. The number of amides is 1. The van der Waals surface area contributed by atoms with Crippen molar-refractivity contribution >= 4 is 23.3 Å². The van der Waals surface area contributed by atoms with Crippen molar-refractivity contribution in [3.8, 4) is 22.1 Å². The molecule has 7 heteroatoms. The van der Waals surface area contributed by atoms with E-state index >= 15 is 0 Å². The van der Waals surface area contributed by atoms with E-state index in [1.54, 1.807) is 30.6 Å². The molecule has 6 nitrogen and oxygen atoms in total. The summed E-state index contributed by atoms with van der Waals surface area (Å²) in [4.78, 5) is 21.7. The van der Waals surface area contributed by atoms with Crippen molar-refractivity contribution in [2.75, 3.05) is 39.9 Å². The van der Waals surface area contributed by atoms with Crippen LogP contribution in [0.25, 0.3) is 16.6 Å². The van der Waals surface area contributed by atoms with Crippen molar-refractivity contribution in [3.05, 3.63) is 83.9 Å². The van der Waals surface area contributed by atoms with Crippen LogP contribution in [-0.4, -0.2) is 60.6 Å². The molecule has 1 amide bonds. The zero-order valence-corrected chi connectivity index (χ0v) is 20.2. The molecule has 2 heterocycles. The number of benzene rings is 2. The molecule has 3 aromatic rings. The molecule has 0 N–H and O–H groups in total. The lowest BCUT2D eigenvalue weighted by Crippen LogP contribution is -2.47. The molecule has 1 aromatic heterocycles. The van der Waals surface area contributed by atoms with Gasteiger partial charge in [-0.2, -0.15) is 0 Å². The van der Waals surface area contributed by atoms with Crippen LogP contribution in [0.5, 0.6) is 11.5 Å². The fourth-order valence-corrected chi connectivity index (χ4v) is 4.59. The number of piperazine rings is 1. The quantitative estimate of drug-likeness (QED) is 0.331. The summed E-state index contributed by atoms with van der Waals surface area (Å²) in [6.07, 6.45) is 5.13. The van der Waals surface area contributed by atoms with Crippen molar-refractivity contribution in [2.45, 2.75) is 6.54 Å². The van der Waals surface area contributed by atoms with Crippen molar-refractivity contribution in [1.29, 1.82) is 0 Å². The van der Waals surface area contributed by atoms with Gasteiger partial charge in [0.25, 0.3) is 0 Å². The fourth-order valence-electron chi connectivity index (χ4n) is 3.78. The molecule has 0 bridgehead atoms. The Labute approximate surface area is 204 Å². The third kappa shape index (κ3) is 6.12. The Bertz CT molecular complexity index is 1140. The molecular weight excluding hydrogens is 446 g/mol. The first-order valence-electron chi connectivity index (χ1n) is 11.3. The Hall–Kier alpha value is -3.42. The molecule has 1 aliphatic heterocycles. The normalized spacial score (nSPS) is 14.3. The second-order valence-corrected chi connectivity index (χ2v) is 8.81. The molecule has 0 spiro atoms. The van der Waals surface area contributed by atoms with E-state index in [4.69, 9.17) is 14.5 Å². The van der Waals surface area contributed by atoms with E-state index in [-0.39, 0.29) is 5.91 Å². The predicted octanol–water partition coefficient (Wildman–Crippen LogP) is 4.74. The lowest BCUT2D eigenvalue weighted by molar-refractivity contribution is -0.127. The summed E-state index contributed by atoms with van der Waals surface area (Å²) in [5, 5.41) is 3.18. The van der Waals surface area contributed by atoms with E-state index in [2.05, 4.69) is 29.0 Å². The van der Waals surface area contributed by atoms with Gasteiger partial charge in [-0.3, -0.25) is 9.69 Å². The highest BCUT2D eigenvalue weighted by atomic mass is 32.1.